The van der Waals surface area contributed by atoms with Gasteiger partial charge in [0, 0.05) is 26.4 Å². The summed E-state index contributed by atoms with van der Waals surface area (Å²) >= 11 is 6.42. The number of hydrogen-bond acceptors (Lipinski definition) is 0. The highest BCUT2D eigenvalue weighted by Gasteiger charge is 2.31. The summed E-state index contributed by atoms with van der Waals surface area (Å²) in [4.78, 5) is 0. The van der Waals surface area contributed by atoms with Gasteiger partial charge in [0.25, 0.3) is 0 Å². The van der Waals surface area contributed by atoms with Gasteiger partial charge in [0.1, 0.15) is 8.11 Å². The molecule has 0 aromatic heterocycles. The van der Waals surface area contributed by atoms with Crippen molar-refractivity contribution in [3.05, 3.63) is 0 Å². The van der Waals surface area contributed by atoms with E-state index in [0.717, 1.165) is 0 Å². The average Bonchev–Trinajstić information content (AvgIpc) is 2.45. The van der Waals surface area contributed by atoms with E-state index in [-0.39, 0.29) is 26.4 Å². The molecular weight excluding hydrogens is 404 g/mol. The largest absolute Gasteiger partial charge is 0.172 e. The lowest BCUT2D eigenvalue weighted by atomic mass is 10.5. The molecule has 0 radical (unpaired) electrons. The molecule has 0 saturated carbocycles. The van der Waals surface area contributed by atoms with Crippen LogP contribution in [-0.4, -0.2) is 42.6 Å². The van der Waals surface area contributed by atoms with Crippen molar-refractivity contribution in [1.29, 1.82) is 0 Å². The Kier molecular flexibility index (Phi) is 16.2. The summed E-state index contributed by atoms with van der Waals surface area (Å²) in [6, 6.07) is 12.8. The average molecular weight is 453 g/mol. The first kappa shape index (κ1) is 26.4. The van der Waals surface area contributed by atoms with Crippen molar-refractivity contribution in [2.75, 3.05) is 0 Å². The number of hydrogen-bond donors (Lipinski definition) is 0. The Balaban J connectivity index is 4.85. The van der Waals surface area contributed by atoms with Crippen LogP contribution in [0, 0.1) is 0 Å². The first-order valence-corrected chi connectivity index (χ1v) is 27.2. The molecule has 0 amide bonds. The van der Waals surface area contributed by atoms with Crippen molar-refractivity contribution in [3.8, 4) is 0 Å². The molecule has 6 heteroatoms. The van der Waals surface area contributed by atoms with Crippen molar-refractivity contribution in [3.63, 3.8) is 0 Å². The zero-order chi connectivity index (χ0) is 19.3. The standard InChI is InChI=1S/C19H49ClSi5/c1-21(2)12-8-16-25(17-9-13-22(3)4,18-10-14-23(5)6)19-11-15-24(7)20/h21-24H,8-19H2,1-7H3. The maximum absolute atomic E-state index is 6.42. The number of halogens is 1. The maximum Gasteiger partial charge on any atom is 0.137 e. The Bertz CT molecular complexity index is 247. The van der Waals surface area contributed by atoms with Gasteiger partial charge in [-0.3, -0.25) is 0 Å². The van der Waals surface area contributed by atoms with Crippen LogP contribution in [0.5, 0.6) is 0 Å². The first-order chi connectivity index (χ1) is 11.7. The summed E-state index contributed by atoms with van der Waals surface area (Å²) in [5.41, 5.74) is 0. The predicted octanol–water partition coefficient (Wildman–Crippen LogP) is 7.05. The van der Waals surface area contributed by atoms with Crippen LogP contribution >= 0.6 is 11.1 Å². The molecule has 1 unspecified atom stereocenters. The molecule has 0 aromatic carbocycles. The van der Waals surface area contributed by atoms with E-state index >= 15 is 0 Å². The lowest BCUT2D eigenvalue weighted by Gasteiger charge is -2.33. The molecule has 1 atom stereocenters. The van der Waals surface area contributed by atoms with E-state index in [1.54, 1.807) is 61.6 Å². The molecule has 0 aliphatic carbocycles. The highest BCUT2D eigenvalue weighted by molar-refractivity contribution is 7.06. The molecule has 0 nitrogen and oxygen atoms in total. The third kappa shape index (κ3) is 16.1. The van der Waals surface area contributed by atoms with Gasteiger partial charge in [-0.25, -0.2) is 0 Å². The predicted molar refractivity (Wildman–Crippen MR) is 138 cm³/mol. The minimum absolute atomic E-state index is 0.369. The molecule has 152 valence electrons. The second kappa shape index (κ2) is 15.3. The zero-order valence-corrected chi connectivity index (χ0v) is 25.0. The van der Waals surface area contributed by atoms with E-state index in [1.165, 1.54) is 12.5 Å². The summed E-state index contributed by atoms with van der Waals surface area (Å²) in [6.07, 6.45) is 6.19. The molecule has 0 heterocycles. The summed E-state index contributed by atoms with van der Waals surface area (Å²) < 4.78 is 0. The highest BCUT2D eigenvalue weighted by atomic mass is 35.6. The minimum atomic E-state index is -1.03. The molecular formula is C19H49ClSi5. The van der Waals surface area contributed by atoms with Crippen molar-refractivity contribution in [2.24, 2.45) is 0 Å². The van der Waals surface area contributed by atoms with E-state index in [2.05, 4.69) is 45.8 Å². The SMILES string of the molecule is C[SiH](C)CCC[Si](CCC[SiH](C)C)(CCC[SiH](C)C)CCC[SiH](C)Cl. The molecule has 0 bridgehead atoms. The van der Waals surface area contributed by atoms with Gasteiger partial charge in [-0.05, 0) is 6.04 Å². The second-order valence-corrected chi connectivity index (χ2v) is 29.5. The summed E-state index contributed by atoms with van der Waals surface area (Å²) in [5, 5.41) is 0. The molecule has 0 fully saturated rings. The molecule has 0 spiro atoms. The lowest BCUT2D eigenvalue weighted by Crippen LogP contribution is -2.34. The Labute approximate surface area is 173 Å². The van der Waals surface area contributed by atoms with Crippen LogP contribution in [0.15, 0.2) is 0 Å². The fourth-order valence-electron chi connectivity index (χ4n) is 4.16. The van der Waals surface area contributed by atoms with Gasteiger partial charge in [0.2, 0.25) is 0 Å². The van der Waals surface area contributed by atoms with Gasteiger partial charge >= 0.3 is 0 Å². The lowest BCUT2D eigenvalue weighted by molar-refractivity contribution is 0.870. The van der Waals surface area contributed by atoms with Gasteiger partial charge in [-0.1, -0.05) is 114 Å². The Morgan fingerprint density at radius 1 is 0.520 bits per heavy atom. The minimum Gasteiger partial charge on any atom is -0.172 e. The molecule has 25 heavy (non-hydrogen) atoms. The van der Waals surface area contributed by atoms with Gasteiger partial charge in [0.05, 0.1) is 8.07 Å². The van der Waals surface area contributed by atoms with E-state index in [9.17, 15) is 0 Å². The highest BCUT2D eigenvalue weighted by Crippen LogP contribution is 2.35. The Hall–Kier alpha value is 1.37. The maximum atomic E-state index is 6.42. The molecule has 0 N–H and O–H groups in total. The Morgan fingerprint density at radius 3 is 1.04 bits per heavy atom. The fraction of sp³-hybridized carbons (Fsp3) is 1.00. The monoisotopic (exact) mass is 452 g/mol. The van der Waals surface area contributed by atoms with E-state index in [4.69, 9.17) is 11.1 Å². The van der Waals surface area contributed by atoms with Crippen molar-refractivity contribution < 1.29 is 0 Å². The molecule has 0 saturated heterocycles. The second-order valence-electron chi connectivity index (χ2n) is 10.0. The van der Waals surface area contributed by atoms with Crippen molar-refractivity contribution >= 4 is 53.6 Å². The van der Waals surface area contributed by atoms with Gasteiger partial charge in [-0.15, -0.1) is 0 Å². The summed E-state index contributed by atoms with van der Waals surface area (Å²) in [6.45, 7) is 17.6. The normalized spacial score (nSPS) is 14.0. The van der Waals surface area contributed by atoms with Crippen LogP contribution in [0.4, 0.5) is 0 Å². The van der Waals surface area contributed by atoms with Crippen LogP contribution in [0.25, 0.3) is 0 Å². The van der Waals surface area contributed by atoms with E-state index in [1.807, 2.05) is 0 Å². The van der Waals surface area contributed by atoms with Crippen LogP contribution in [0.1, 0.15) is 25.7 Å². The molecule has 0 aliphatic rings. The first-order valence-electron chi connectivity index (χ1n) is 11.3. The van der Waals surface area contributed by atoms with Gasteiger partial charge < -0.3 is 0 Å². The van der Waals surface area contributed by atoms with Gasteiger partial charge in [-0.2, -0.15) is 11.1 Å². The quantitative estimate of drug-likeness (QED) is 0.174. The van der Waals surface area contributed by atoms with Gasteiger partial charge in [0.15, 0.2) is 0 Å². The van der Waals surface area contributed by atoms with E-state index < -0.39 is 16.2 Å². The summed E-state index contributed by atoms with van der Waals surface area (Å²) in [5.74, 6) is 0. The molecule has 0 rings (SSSR count). The molecule has 0 aromatic rings. The number of rotatable bonds is 16. The zero-order valence-electron chi connectivity index (χ0n) is 18.7. The topological polar surface area (TPSA) is 0 Å². The van der Waals surface area contributed by atoms with Crippen molar-refractivity contribution in [2.45, 2.75) is 120 Å². The summed E-state index contributed by atoms with van der Waals surface area (Å²) in [7, 11) is -3.01. The third-order valence-electron chi connectivity index (χ3n) is 5.77. The smallest absolute Gasteiger partial charge is 0.137 e. The molecule has 0 aliphatic heterocycles. The van der Waals surface area contributed by atoms with Crippen molar-refractivity contribution in [1.82, 2.24) is 0 Å². The fourth-order valence-corrected chi connectivity index (χ4v) is 15.4. The van der Waals surface area contributed by atoms with Crippen LogP contribution in [0.2, 0.25) is 94.2 Å². The van der Waals surface area contributed by atoms with Crippen LogP contribution in [-0.2, 0) is 0 Å². The third-order valence-corrected chi connectivity index (χ3v) is 18.0. The Morgan fingerprint density at radius 2 is 0.800 bits per heavy atom. The van der Waals surface area contributed by atoms with Crippen LogP contribution in [0.3, 0.4) is 0 Å². The van der Waals surface area contributed by atoms with E-state index in [0.29, 0.717) is 0 Å². The van der Waals surface area contributed by atoms with Crippen LogP contribution < -0.4 is 0 Å².